The summed E-state index contributed by atoms with van der Waals surface area (Å²) in [7, 11) is 0. The fourth-order valence-electron chi connectivity index (χ4n) is 2.38. The minimum absolute atomic E-state index is 0.512. The number of nitrogens with zero attached hydrogens (tertiary/aromatic N) is 3. The Morgan fingerprint density at radius 3 is 2.70 bits per heavy atom. The standard InChI is InChI=1S/C14H12ClIN4/c1-7-8(2)20(11-4-3-9(15)5-10(11)16)14-12(7)13(17)18-6-19-14/h3-6H,1-2H3,(H2,17,18,19). The Bertz CT molecular complexity index is 826. The third kappa shape index (κ3) is 1.96. The molecule has 0 radical (unpaired) electrons. The first-order valence-electron chi connectivity index (χ1n) is 6.04. The van der Waals surface area contributed by atoms with Crippen LogP contribution in [-0.4, -0.2) is 14.5 Å². The van der Waals surface area contributed by atoms with E-state index in [2.05, 4.69) is 44.0 Å². The van der Waals surface area contributed by atoms with Gasteiger partial charge < -0.3 is 5.73 Å². The van der Waals surface area contributed by atoms with Crippen LogP contribution in [0.3, 0.4) is 0 Å². The molecule has 3 rings (SSSR count). The number of rotatable bonds is 1. The van der Waals surface area contributed by atoms with Crippen LogP contribution in [0.1, 0.15) is 11.3 Å². The molecule has 6 heteroatoms. The summed E-state index contributed by atoms with van der Waals surface area (Å²) in [5.74, 6) is 0.512. The predicted octanol–water partition coefficient (Wildman–Crippen LogP) is 3.88. The molecule has 1 aromatic carbocycles. The number of nitrogens with two attached hydrogens (primary N) is 1. The lowest BCUT2D eigenvalue weighted by molar-refractivity contribution is 1.01. The maximum Gasteiger partial charge on any atom is 0.150 e. The second kappa shape index (κ2) is 4.89. The first-order valence-corrected chi connectivity index (χ1v) is 7.50. The molecule has 2 heterocycles. The molecule has 0 fully saturated rings. The van der Waals surface area contributed by atoms with Gasteiger partial charge in [-0.3, -0.25) is 4.57 Å². The summed E-state index contributed by atoms with van der Waals surface area (Å²) in [5, 5.41) is 1.63. The second-order valence-corrected chi connectivity index (χ2v) is 6.20. The van der Waals surface area contributed by atoms with Crippen molar-refractivity contribution in [3.63, 3.8) is 0 Å². The molecule has 2 aromatic heterocycles. The van der Waals surface area contributed by atoms with E-state index < -0.39 is 0 Å². The van der Waals surface area contributed by atoms with Crippen LogP contribution in [0.5, 0.6) is 0 Å². The van der Waals surface area contributed by atoms with Crippen LogP contribution in [0.15, 0.2) is 24.5 Å². The van der Waals surface area contributed by atoms with Gasteiger partial charge in [-0.25, -0.2) is 9.97 Å². The van der Waals surface area contributed by atoms with Crippen molar-refractivity contribution in [2.45, 2.75) is 13.8 Å². The topological polar surface area (TPSA) is 56.7 Å². The molecule has 0 saturated heterocycles. The molecule has 0 amide bonds. The average Bonchev–Trinajstić information content (AvgIpc) is 2.64. The van der Waals surface area contributed by atoms with Crippen molar-refractivity contribution in [3.05, 3.63) is 44.4 Å². The van der Waals surface area contributed by atoms with Gasteiger partial charge in [-0.2, -0.15) is 0 Å². The highest BCUT2D eigenvalue weighted by Crippen LogP contribution is 2.32. The highest BCUT2D eigenvalue weighted by Gasteiger charge is 2.17. The maximum absolute atomic E-state index is 6.03. The Morgan fingerprint density at radius 1 is 1.25 bits per heavy atom. The van der Waals surface area contributed by atoms with E-state index in [9.17, 15) is 0 Å². The maximum atomic E-state index is 6.03. The number of hydrogen-bond acceptors (Lipinski definition) is 3. The van der Waals surface area contributed by atoms with Crippen LogP contribution in [-0.2, 0) is 0 Å². The normalized spacial score (nSPS) is 11.2. The third-order valence-corrected chi connectivity index (χ3v) is 4.57. The molecule has 0 aliphatic heterocycles. The quantitative estimate of drug-likeness (QED) is 0.633. The smallest absolute Gasteiger partial charge is 0.150 e. The van der Waals surface area contributed by atoms with Crippen LogP contribution in [0.25, 0.3) is 16.7 Å². The highest BCUT2D eigenvalue weighted by atomic mass is 127. The molecular weight excluding hydrogens is 387 g/mol. The number of hydrogen-bond donors (Lipinski definition) is 1. The minimum atomic E-state index is 0.512. The van der Waals surface area contributed by atoms with E-state index in [0.717, 1.165) is 36.6 Å². The largest absolute Gasteiger partial charge is 0.383 e. The van der Waals surface area contributed by atoms with Crippen molar-refractivity contribution in [1.29, 1.82) is 0 Å². The van der Waals surface area contributed by atoms with Crippen LogP contribution in [0.4, 0.5) is 5.82 Å². The Morgan fingerprint density at radius 2 is 2.00 bits per heavy atom. The Balaban J connectivity index is 2.42. The molecule has 102 valence electrons. The van der Waals surface area contributed by atoms with Gasteiger partial charge in [-0.15, -0.1) is 0 Å². The molecule has 0 bridgehead atoms. The summed E-state index contributed by atoms with van der Waals surface area (Å²) in [5.41, 5.74) is 10.1. The summed E-state index contributed by atoms with van der Waals surface area (Å²) in [6, 6.07) is 5.81. The fourth-order valence-corrected chi connectivity index (χ4v) is 3.50. The lowest BCUT2D eigenvalue weighted by Crippen LogP contribution is -2.01. The van der Waals surface area contributed by atoms with Crippen LogP contribution in [0.2, 0.25) is 5.02 Å². The van der Waals surface area contributed by atoms with Gasteiger partial charge in [0.2, 0.25) is 0 Å². The zero-order valence-corrected chi connectivity index (χ0v) is 13.9. The summed E-state index contributed by atoms with van der Waals surface area (Å²) in [6.45, 7) is 4.10. The fraction of sp³-hybridized carbons (Fsp3) is 0.143. The van der Waals surface area contributed by atoms with E-state index in [4.69, 9.17) is 17.3 Å². The second-order valence-electron chi connectivity index (χ2n) is 4.60. The van der Waals surface area contributed by atoms with Crippen molar-refractivity contribution in [2.24, 2.45) is 0 Å². The highest BCUT2D eigenvalue weighted by molar-refractivity contribution is 14.1. The number of halogens is 2. The van der Waals surface area contributed by atoms with E-state index in [1.54, 1.807) is 0 Å². The lowest BCUT2D eigenvalue weighted by atomic mass is 10.2. The van der Waals surface area contributed by atoms with Gasteiger partial charge in [0.25, 0.3) is 0 Å². The molecule has 0 atom stereocenters. The molecule has 2 N–H and O–H groups in total. The van der Waals surface area contributed by atoms with Crippen molar-refractivity contribution in [2.75, 3.05) is 5.73 Å². The lowest BCUT2D eigenvalue weighted by Gasteiger charge is -2.10. The predicted molar refractivity (Wildman–Crippen MR) is 90.5 cm³/mol. The molecule has 0 aliphatic carbocycles. The summed E-state index contributed by atoms with van der Waals surface area (Å²) in [4.78, 5) is 8.48. The summed E-state index contributed by atoms with van der Waals surface area (Å²) in [6.07, 6.45) is 1.50. The van der Waals surface area contributed by atoms with E-state index in [-0.39, 0.29) is 0 Å². The third-order valence-electron chi connectivity index (χ3n) is 3.47. The Hall–Kier alpha value is -1.34. The van der Waals surface area contributed by atoms with Gasteiger partial charge >= 0.3 is 0 Å². The molecule has 4 nitrogen and oxygen atoms in total. The van der Waals surface area contributed by atoms with Crippen molar-refractivity contribution < 1.29 is 0 Å². The molecule has 0 saturated carbocycles. The van der Waals surface area contributed by atoms with Gasteiger partial charge in [0, 0.05) is 14.3 Å². The monoisotopic (exact) mass is 398 g/mol. The molecule has 20 heavy (non-hydrogen) atoms. The number of nitrogen functional groups attached to an aromatic ring is 1. The molecule has 3 aromatic rings. The van der Waals surface area contributed by atoms with Crippen molar-refractivity contribution in [3.8, 4) is 5.69 Å². The first kappa shape index (κ1) is 13.6. The van der Waals surface area contributed by atoms with Crippen molar-refractivity contribution in [1.82, 2.24) is 14.5 Å². The van der Waals surface area contributed by atoms with Gasteiger partial charge in [0.1, 0.15) is 12.1 Å². The van der Waals surface area contributed by atoms with Crippen molar-refractivity contribution >= 4 is 51.0 Å². The van der Waals surface area contributed by atoms with Crippen LogP contribution >= 0.6 is 34.2 Å². The average molecular weight is 399 g/mol. The van der Waals surface area contributed by atoms with Gasteiger partial charge in [-0.05, 0) is 60.2 Å². The number of aryl methyl sites for hydroxylation is 1. The summed E-state index contributed by atoms with van der Waals surface area (Å²) < 4.78 is 3.16. The molecular formula is C14H12ClIN4. The minimum Gasteiger partial charge on any atom is -0.383 e. The van der Waals surface area contributed by atoms with Gasteiger partial charge in [0.15, 0.2) is 5.65 Å². The van der Waals surface area contributed by atoms with E-state index in [1.807, 2.05) is 25.1 Å². The number of fused-ring (bicyclic) bond motifs is 1. The zero-order valence-electron chi connectivity index (χ0n) is 11.0. The SMILES string of the molecule is Cc1c(C)n(-c2ccc(Cl)cc2I)c2ncnc(N)c12. The molecule has 0 spiro atoms. The Kier molecular flexibility index (Phi) is 3.33. The molecule has 0 aliphatic rings. The number of anilines is 1. The summed E-state index contributed by atoms with van der Waals surface area (Å²) >= 11 is 8.31. The zero-order chi connectivity index (χ0) is 14.4. The van der Waals surface area contributed by atoms with E-state index >= 15 is 0 Å². The van der Waals surface area contributed by atoms with Gasteiger partial charge in [0.05, 0.1) is 11.1 Å². The number of aromatic nitrogens is 3. The Labute approximate surface area is 135 Å². The number of benzene rings is 1. The molecule has 0 unspecified atom stereocenters. The van der Waals surface area contributed by atoms with E-state index in [1.165, 1.54) is 6.33 Å². The van der Waals surface area contributed by atoms with Gasteiger partial charge in [-0.1, -0.05) is 11.6 Å². The van der Waals surface area contributed by atoms with Crippen LogP contribution in [0, 0.1) is 17.4 Å². The first-order chi connectivity index (χ1) is 9.50. The van der Waals surface area contributed by atoms with E-state index in [0.29, 0.717) is 5.82 Å². The van der Waals surface area contributed by atoms with Crippen LogP contribution < -0.4 is 5.73 Å².